The molecular weight excluding hydrogens is 100 g/mol. The molecule has 2 heteroatoms. The van der Waals surface area contributed by atoms with Gasteiger partial charge in [-0.15, -0.1) is 0 Å². The van der Waals surface area contributed by atoms with Gasteiger partial charge in [0, 0.05) is 12.6 Å². The van der Waals surface area contributed by atoms with Gasteiger partial charge < -0.3 is 0 Å². The Labute approximate surface area is 50.7 Å². The Morgan fingerprint density at radius 2 is 2.50 bits per heavy atom. The number of nitrogens with one attached hydrogen (secondary N) is 2. The molecule has 0 radical (unpaired) electrons. The molecule has 0 bridgehead atoms. The summed E-state index contributed by atoms with van der Waals surface area (Å²) in [6.07, 6.45) is 1.85. The average Bonchev–Trinajstić information content (AvgIpc) is 2.50. The van der Waals surface area contributed by atoms with Crippen molar-refractivity contribution in [2.45, 2.75) is 32.5 Å². The summed E-state index contributed by atoms with van der Waals surface area (Å²) in [5, 5.41) is 6.58. The summed E-state index contributed by atoms with van der Waals surface area (Å²) in [7, 11) is 0. The molecule has 0 aromatic rings. The largest absolute Gasteiger partial charge is 0.298 e. The normalized spacial score (nSPS) is 30.0. The third kappa shape index (κ3) is 1.80. The molecule has 0 aromatic carbocycles. The van der Waals surface area contributed by atoms with Gasteiger partial charge in [0.15, 0.2) is 0 Å². The minimum absolute atomic E-state index is 0.630. The van der Waals surface area contributed by atoms with Crippen molar-refractivity contribution in [3.63, 3.8) is 0 Å². The van der Waals surface area contributed by atoms with Crippen LogP contribution in [0, 0.1) is 0 Å². The smallest absolute Gasteiger partial charge is 0.0704 e. The molecule has 2 unspecified atom stereocenters. The van der Waals surface area contributed by atoms with Crippen molar-refractivity contribution in [1.82, 2.24) is 10.6 Å². The SMILES string of the molecule is CCC(C)NC1CN1. The maximum Gasteiger partial charge on any atom is 0.0704 e. The van der Waals surface area contributed by atoms with Crippen molar-refractivity contribution >= 4 is 0 Å². The van der Waals surface area contributed by atoms with E-state index in [0.717, 1.165) is 6.54 Å². The van der Waals surface area contributed by atoms with Gasteiger partial charge in [-0.05, 0) is 13.3 Å². The van der Waals surface area contributed by atoms with Crippen LogP contribution in [-0.4, -0.2) is 18.8 Å². The molecule has 0 amide bonds. The van der Waals surface area contributed by atoms with Crippen LogP contribution in [0.1, 0.15) is 20.3 Å². The van der Waals surface area contributed by atoms with Gasteiger partial charge in [0.2, 0.25) is 0 Å². The first-order valence-corrected chi connectivity index (χ1v) is 3.32. The molecule has 0 saturated carbocycles. The molecular formula is C6H14N2. The van der Waals surface area contributed by atoms with Crippen LogP contribution in [0.3, 0.4) is 0 Å². The molecule has 2 N–H and O–H groups in total. The molecule has 0 spiro atoms. The van der Waals surface area contributed by atoms with Crippen molar-refractivity contribution < 1.29 is 0 Å². The van der Waals surface area contributed by atoms with Crippen LogP contribution in [0.15, 0.2) is 0 Å². The summed E-state index contributed by atoms with van der Waals surface area (Å²) in [4.78, 5) is 0. The summed E-state index contributed by atoms with van der Waals surface area (Å²) in [5.74, 6) is 0. The molecule has 1 fully saturated rings. The van der Waals surface area contributed by atoms with E-state index in [1.54, 1.807) is 0 Å². The molecule has 2 atom stereocenters. The van der Waals surface area contributed by atoms with Gasteiger partial charge >= 0.3 is 0 Å². The molecule has 1 saturated heterocycles. The Balaban J connectivity index is 1.98. The predicted molar refractivity (Wildman–Crippen MR) is 34.7 cm³/mol. The zero-order valence-corrected chi connectivity index (χ0v) is 5.57. The Kier molecular flexibility index (Phi) is 1.86. The lowest BCUT2D eigenvalue weighted by Gasteiger charge is -2.07. The van der Waals surface area contributed by atoms with E-state index in [0.29, 0.717) is 12.2 Å². The Morgan fingerprint density at radius 3 is 2.88 bits per heavy atom. The third-order valence-corrected chi connectivity index (χ3v) is 1.51. The van der Waals surface area contributed by atoms with E-state index in [1.165, 1.54) is 6.42 Å². The lowest BCUT2D eigenvalue weighted by Crippen LogP contribution is -2.29. The van der Waals surface area contributed by atoms with Crippen molar-refractivity contribution in [2.24, 2.45) is 0 Å². The summed E-state index contributed by atoms with van der Waals surface area (Å²) in [6, 6.07) is 0.676. The van der Waals surface area contributed by atoms with E-state index in [4.69, 9.17) is 0 Å². The first kappa shape index (κ1) is 6.05. The highest BCUT2D eigenvalue weighted by molar-refractivity contribution is 4.82. The maximum absolute atomic E-state index is 3.39. The van der Waals surface area contributed by atoms with E-state index in [-0.39, 0.29) is 0 Å². The van der Waals surface area contributed by atoms with E-state index >= 15 is 0 Å². The molecule has 1 aliphatic heterocycles. The fraction of sp³-hybridized carbons (Fsp3) is 1.00. The van der Waals surface area contributed by atoms with Crippen molar-refractivity contribution in [3.8, 4) is 0 Å². The third-order valence-electron chi connectivity index (χ3n) is 1.51. The number of hydrogen-bond donors (Lipinski definition) is 2. The van der Waals surface area contributed by atoms with E-state index < -0.39 is 0 Å². The Morgan fingerprint density at radius 1 is 1.88 bits per heavy atom. The molecule has 48 valence electrons. The topological polar surface area (TPSA) is 34.0 Å². The summed E-state index contributed by atoms with van der Waals surface area (Å²) in [6.45, 7) is 5.56. The van der Waals surface area contributed by atoms with Gasteiger partial charge in [-0.1, -0.05) is 6.92 Å². The fourth-order valence-corrected chi connectivity index (χ4v) is 0.638. The molecule has 0 aromatic heterocycles. The highest BCUT2D eigenvalue weighted by Crippen LogP contribution is 1.95. The second kappa shape index (κ2) is 2.46. The van der Waals surface area contributed by atoms with Gasteiger partial charge in [-0.25, -0.2) is 0 Å². The van der Waals surface area contributed by atoms with Crippen LogP contribution in [0.4, 0.5) is 0 Å². The van der Waals surface area contributed by atoms with Crippen LogP contribution in [0.25, 0.3) is 0 Å². The summed E-state index contributed by atoms with van der Waals surface area (Å²) >= 11 is 0. The monoisotopic (exact) mass is 114 g/mol. The lowest BCUT2D eigenvalue weighted by molar-refractivity contribution is 0.527. The van der Waals surface area contributed by atoms with Crippen molar-refractivity contribution in [3.05, 3.63) is 0 Å². The minimum Gasteiger partial charge on any atom is -0.298 e. The standard InChI is InChI=1S/C6H14N2/c1-3-5(2)8-6-4-7-6/h5-8H,3-4H2,1-2H3. The van der Waals surface area contributed by atoms with E-state index in [1.807, 2.05) is 0 Å². The van der Waals surface area contributed by atoms with Gasteiger partial charge in [0.05, 0.1) is 6.17 Å². The Bertz CT molecular complexity index is 68.9. The van der Waals surface area contributed by atoms with Crippen LogP contribution < -0.4 is 10.6 Å². The second-order valence-electron chi connectivity index (χ2n) is 2.44. The predicted octanol–water partition coefficient (Wildman–Crippen LogP) is 0.304. The lowest BCUT2D eigenvalue weighted by atomic mass is 10.3. The van der Waals surface area contributed by atoms with Gasteiger partial charge in [0.25, 0.3) is 0 Å². The molecule has 2 nitrogen and oxygen atoms in total. The van der Waals surface area contributed by atoms with Crippen molar-refractivity contribution in [1.29, 1.82) is 0 Å². The second-order valence-corrected chi connectivity index (χ2v) is 2.44. The maximum atomic E-state index is 3.39. The minimum atomic E-state index is 0.630. The van der Waals surface area contributed by atoms with Crippen LogP contribution in [0.2, 0.25) is 0 Å². The molecule has 1 heterocycles. The van der Waals surface area contributed by atoms with Crippen LogP contribution in [-0.2, 0) is 0 Å². The van der Waals surface area contributed by atoms with Crippen LogP contribution in [0.5, 0.6) is 0 Å². The number of rotatable bonds is 3. The molecule has 1 rings (SSSR count). The van der Waals surface area contributed by atoms with Gasteiger partial charge in [0.1, 0.15) is 0 Å². The zero-order valence-electron chi connectivity index (χ0n) is 5.57. The first-order chi connectivity index (χ1) is 3.83. The first-order valence-electron chi connectivity index (χ1n) is 3.32. The van der Waals surface area contributed by atoms with Crippen molar-refractivity contribution in [2.75, 3.05) is 6.54 Å². The van der Waals surface area contributed by atoms with E-state index in [2.05, 4.69) is 24.5 Å². The fourth-order valence-electron chi connectivity index (χ4n) is 0.638. The summed E-state index contributed by atoms with van der Waals surface area (Å²) < 4.78 is 0. The molecule has 1 aliphatic rings. The van der Waals surface area contributed by atoms with Crippen LogP contribution >= 0.6 is 0 Å². The van der Waals surface area contributed by atoms with E-state index in [9.17, 15) is 0 Å². The number of hydrogen-bond acceptors (Lipinski definition) is 2. The quantitative estimate of drug-likeness (QED) is 0.517. The summed E-state index contributed by atoms with van der Waals surface area (Å²) in [5.41, 5.74) is 0. The highest BCUT2D eigenvalue weighted by Gasteiger charge is 2.20. The molecule has 8 heavy (non-hydrogen) atoms. The zero-order chi connectivity index (χ0) is 5.98. The van der Waals surface area contributed by atoms with Gasteiger partial charge in [-0.2, -0.15) is 0 Å². The molecule has 0 aliphatic carbocycles. The van der Waals surface area contributed by atoms with Gasteiger partial charge in [-0.3, -0.25) is 10.6 Å². The Hall–Kier alpha value is -0.0800. The highest BCUT2D eigenvalue weighted by atomic mass is 15.3. The average molecular weight is 114 g/mol.